The molecule has 0 saturated carbocycles. The minimum Gasteiger partial charge on any atom is -0.352 e. The number of carbonyl (C=O) groups is 1. The number of hydrogen-bond acceptors (Lipinski definition) is 5. The number of nitrogens with zero attached hydrogens (tertiary/aromatic N) is 4. The first-order chi connectivity index (χ1) is 15.6. The van der Waals surface area contributed by atoms with E-state index in [1.54, 1.807) is 24.3 Å². The van der Waals surface area contributed by atoms with Gasteiger partial charge in [0.15, 0.2) is 5.82 Å². The lowest BCUT2D eigenvalue weighted by Gasteiger charge is -2.33. The van der Waals surface area contributed by atoms with Crippen molar-refractivity contribution in [2.24, 2.45) is 0 Å². The molecule has 0 bridgehead atoms. The number of rotatable bonds is 5. The molecule has 1 aliphatic rings. The number of aryl methyl sites for hydroxylation is 1. The molecule has 0 spiro atoms. The number of nitriles is 1. The Kier molecular flexibility index (Phi) is 6.36. The highest BCUT2D eigenvalue weighted by Gasteiger charge is 2.24. The molecule has 4 rings (SSSR count). The maximum Gasteiger partial charge on any atom is 0.319 e. The first-order valence-electron chi connectivity index (χ1n) is 10.9. The Morgan fingerprint density at radius 3 is 2.72 bits per heavy atom. The van der Waals surface area contributed by atoms with Crippen molar-refractivity contribution in [1.82, 2.24) is 14.9 Å². The summed E-state index contributed by atoms with van der Waals surface area (Å²) in [4.78, 5) is 32.2. The van der Waals surface area contributed by atoms with Crippen LogP contribution in [0.4, 0.5) is 16.3 Å². The predicted molar refractivity (Wildman–Crippen MR) is 125 cm³/mol. The van der Waals surface area contributed by atoms with Crippen molar-refractivity contribution < 1.29 is 4.79 Å². The second-order valence-electron chi connectivity index (χ2n) is 7.93. The zero-order chi connectivity index (χ0) is 22.5. The van der Waals surface area contributed by atoms with Crippen LogP contribution < -0.4 is 21.1 Å². The molecule has 1 aromatic heterocycles. The molecule has 0 atom stereocenters. The number of hydrogen-bond donors (Lipinski definition) is 2. The quantitative estimate of drug-likeness (QED) is 0.645. The van der Waals surface area contributed by atoms with Gasteiger partial charge in [0, 0.05) is 31.4 Å². The van der Waals surface area contributed by atoms with Crippen LogP contribution >= 0.6 is 0 Å². The molecular weight excluding hydrogens is 404 g/mol. The molecule has 8 nitrogen and oxygen atoms in total. The van der Waals surface area contributed by atoms with Crippen molar-refractivity contribution in [2.45, 2.75) is 38.8 Å². The van der Waals surface area contributed by atoms with E-state index >= 15 is 0 Å². The van der Waals surface area contributed by atoms with E-state index in [9.17, 15) is 9.59 Å². The molecule has 0 radical (unpaired) electrons. The van der Waals surface area contributed by atoms with E-state index in [-0.39, 0.29) is 17.6 Å². The molecule has 1 aliphatic heterocycles. The molecule has 2 amide bonds. The van der Waals surface area contributed by atoms with Gasteiger partial charge in [0.1, 0.15) is 0 Å². The van der Waals surface area contributed by atoms with Crippen molar-refractivity contribution in [3.8, 4) is 6.07 Å². The number of carbonyl (C=O) groups excluding carboxylic acids is 1. The van der Waals surface area contributed by atoms with Gasteiger partial charge >= 0.3 is 6.03 Å². The van der Waals surface area contributed by atoms with E-state index in [4.69, 9.17) is 5.26 Å². The third kappa shape index (κ3) is 4.57. The number of nitrogens with one attached hydrogen (secondary N) is 2. The lowest BCUT2D eigenvalue weighted by molar-refractivity contribution is 0.246. The summed E-state index contributed by atoms with van der Waals surface area (Å²) in [7, 11) is 0. The number of benzene rings is 2. The van der Waals surface area contributed by atoms with Crippen LogP contribution in [0.1, 0.15) is 31.7 Å². The molecule has 0 unspecified atom stereocenters. The highest BCUT2D eigenvalue weighted by molar-refractivity contribution is 5.89. The minimum absolute atomic E-state index is 0.00345. The molecule has 8 heteroatoms. The van der Waals surface area contributed by atoms with Gasteiger partial charge in [0.05, 0.1) is 22.7 Å². The number of urea groups is 1. The predicted octanol–water partition coefficient (Wildman–Crippen LogP) is 3.47. The van der Waals surface area contributed by atoms with Crippen molar-refractivity contribution in [1.29, 1.82) is 5.26 Å². The van der Waals surface area contributed by atoms with Gasteiger partial charge in [-0.15, -0.1) is 0 Å². The van der Waals surface area contributed by atoms with E-state index in [2.05, 4.69) is 28.6 Å². The summed E-state index contributed by atoms with van der Waals surface area (Å²) in [5, 5.41) is 14.8. The Morgan fingerprint density at radius 1 is 1.19 bits per heavy atom. The van der Waals surface area contributed by atoms with Crippen LogP contribution in [-0.2, 0) is 6.54 Å². The highest BCUT2D eigenvalue weighted by atomic mass is 16.2. The summed E-state index contributed by atoms with van der Waals surface area (Å²) >= 11 is 0. The number of aromatic nitrogens is 2. The minimum atomic E-state index is -0.298. The molecule has 164 valence electrons. The molecular formula is C24H26N6O2. The number of para-hydroxylation sites is 2. The Balaban J connectivity index is 1.42. The first-order valence-corrected chi connectivity index (χ1v) is 10.9. The van der Waals surface area contributed by atoms with Gasteiger partial charge in [-0.1, -0.05) is 25.1 Å². The Bertz CT molecular complexity index is 1220. The molecule has 0 aliphatic carbocycles. The third-order valence-corrected chi connectivity index (χ3v) is 5.66. The van der Waals surface area contributed by atoms with Gasteiger partial charge < -0.3 is 20.1 Å². The Labute approximate surface area is 186 Å². The zero-order valence-electron chi connectivity index (χ0n) is 18.0. The van der Waals surface area contributed by atoms with Gasteiger partial charge in [-0.2, -0.15) is 5.26 Å². The van der Waals surface area contributed by atoms with Gasteiger partial charge in [-0.25, -0.2) is 9.78 Å². The van der Waals surface area contributed by atoms with E-state index in [0.29, 0.717) is 49.5 Å². The van der Waals surface area contributed by atoms with Gasteiger partial charge in [0.2, 0.25) is 0 Å². The summed E-state index contributed by atoms with van der Waals surface area (Å²) in [5.74, 6) is 0.480. The maximum atomic E-state index is 13.1. The van der Waals surface area contributed by atoms with E-state index in [1.165, 1.54) is 0 Å². The molecule has 32 heavy (non-hydrogen) atoms. The fraction of sp³-hybridized carbons (Fsp3) is 0.333. The third-order valence-electron chi connectivity index (χ3n) is 5.66. The van der Waals surface area contributed by atoms with Gasteiger partial charge in [-0.3, -0.25) is 4.79 Å². The summed E-state index contributed by atoms with van der Waals surface area (Å²) in [5.41, 5.74) is 2.68. The number of fused-ring (bicyclic) bond motifs is 1. The summed E-state index contributed by atoms with van der Waals surface area (Å²) in [6.45, 7) is 3.99. The van der Waals surface area contributed by atoms with Crippen LogP contribution in [0, 0.1) is 11.3 Å². The lowest BCUT2D eigenvalue weighted by Crippen LogP contribution is -2.47. The molecule has 1 saturated heterocycles. The first kappa shape index (κ1) is 21.4. The molecule has 2 heterocycles. The number of amides is 2. The number of anilines is 2. The summed E-state index contributed by atoms with van der Waals surface area (Å²) < 4.78 is 1.81. The van der Waals surface area contributed by atoms with Gasteiger partial charge in [-0.05, 0) is 49.6 Å². The SMILES string of the molecule is CCCn1c(=O)c(N2CCC(NC(=O)Nc3cccc(C#N)c3)CC2)nc2ccccc21. The van der Waals surface area contributed by atoms with Crippen molar-refractivity contribution in [2.75, 3.05) is 23.3 Å². The van der Waals surface area contributed by atoms with Crippen LogP contribution in [0.2, 0.25) is 0 Å². The standard InChI is InChI=1S/C24H26N6O2/c1-2-12-30-21-9-4-3-8-20(21)28-22(23(30)31)29-13-10-18(11-14-29)26-24(32)27-19-7-5-6-17(15-19)16-25/h3-9,15,18H,2,10-14H2,1H3,(H2,26,27,32). The second kappa shape index (κ2) is 9.52. The molecule has 1 fully saturated rings. The second-order valence-corrected chi connectivity index (χ2v) is 7.93. The highest BCUT2D eigenvalue weighted by Crippen LogP contribution is 2.19. The van der Waals surface area contributed by atoms with E-state index < -0.39 is 0 Å². The monoisotopic (exact) mass is 430 g/mol. The largest absolute Gasteiger partial charge is 0.352 e. The Morgan fingerprint density at radius 2 is 1.97 bits per heavy atom. The number of piperidine rings is 1. The average molecular weight is 431 g/mol. The molecule has 3 aromatic rings. The fourth-order valence-electron chi connectivity index (χ4n) is 4.09. The topological polar surface area (TPSA) is 103 Å². The van der Waals surface area contributed by atoms with Crippen LogP contribution in [0.3, 0.4) is 0 Å². The van der Waals surface area contributed by atoms with Crippen molar-refractivity contribution in [3.63, 3.8) is 0 Å². The Hall–Kier alpha value is -3.86. The van der Waals surface area contributed by atoms with Crippen LogP contribution in [-0.4, -0.2) is 34.7 Å². The average Bonchev–Trinajstić information content (AvgIpc) is 2.81. The summed E-state index contributed by atoms with van der Waals surface area (Å²) in [6.07, 6.45) is 2.30. The van der Waals surface area contributed by atoms with Gasteiger partial charge in [0.25, 0.3) is 5.56 Å². The molecule has 2 N–H and O–H groups in total. The van der Waals surface area contributed by atoms with Crippen LogP contribution in [0.15, 0.2) is 53.3 Å². The van der Waals surface area contributed by atoms with E-state index in [1.807, 2.05) is 33.7 Å². The normalized spacial score (nSPS) is 14.2. The smallest absolute Gasteiger partial charge is 0.319 e. The van der Waals surface area contributed by atoms with Crippen LogP contribution in [0.5, 0.6) is 0 Å². The van der Waals surface area contributed by atoms with Crippen LogP contribution in [0.25, 0.3) is 11.0 Å². The lowest BCUT2D eigenvalue weighted by atomic mass is 10.1. The maximum absolute atomic E-state index is 13.1. The fourth-order valence-corrected chi connectivity index (χ4v) is 4.09. The van der Waals surface area contributed by atoms with E-state index in [0.717, 1.165) is 17.5 Å². The van der Waals surface area contributed by atoms with Crippen molar-refractivity contribution in [3.05, 3.63) is 64.4 Å². The zero-order valence-corrected chi connectivity index (χ0v) is 18.0. The summed E-state index contributed by atoms with van der Waals surface area (Å²) in [6, 6.07) is 16.3. The molecule has 2 aromatic carbocycles. The van der Waals surface area contributed by atoms with Crippen molar-refractivity contribution >= 4 is 28.6 Å².